The quantitative estimate of drug-likeness (QED) is 0.720. The van der Waals surface area contributed by atoms with Gasteiger partial charge in [0.25, 0.3) is 0 Å². The first-order valence-electron chi connectivity index (χ1n) is 6.87. The predicted molar refractivity (Wildman–Crippen MR) is 74.9 cm³/mol. The van der Waals surface area contributed by atoms with Crippen molar-refractivity contribution in [3.05, 3.63) is 29.3 Å². The SMILES string of the molecule is O=C1Cc2cc(CNCN3CCNCC3)ccc2N1. The molecule has 0 radical (unpaired) electrons. The molecule has 0 unspecified atom stereocenters. The molecule has 1 aromatic carbocycles. The number of nitrogens with one attached hydrogen (secondary N) is 3. The number of amides is 1. The summed E-state index contributed by atoms with van der Waals surface area (Å²) in [6.45, 7) is 6.15. The lowest BCUT2D eigenvalue weighted by atomic mass is 10.1. The van der Waals surface area contributed by atoms with Crippen molar-refractivity contribution in [2.45, 2.75) is 13.0 Å². The van der Waals surface area contributed by atoms with E-state index < -0.39 is 0 Å². The van der Waals surface area contributed by atoms with Gasteiger partial charge in [0.15, 0.2) is 0 Å². The molecule has 2 aliphatic rings. The highest BCUT2D eigenvalue weighted by atomic mass is 16.1. The maximum absolute atomic E-state index is 11.3. The summed E-state index contributed by atoms with van der Waals surface area (Å²) in [6, 6.07) is 6.20. The second kappa shape index (κ2) is 5.69. The van der Waals surface area contributed by atoms with Gasteiger partial charge in [-0.05, 0) is 17.2 Å². The molecule has 5 heteroatoms. The van der Waals surface area contributed by atoms with Crippen molar-refractivity contribution in [2.75, 3.05) is 38.2 Å². The lowest BCUT2D eigenvalue weighted by Gasteiger charge is -2.27. The molecule has 2 heterocycles. The normalized spacial score (nSPS) is 19.3. The average molecular weight is 260 g/mol. The third-order valence-corrected chi connectivity index (χ3v) is 3.67. The highest BCUT2D eigenvalue weighted by Crippen LogP contribution is 2.23. The fraction of sp³-hybridized carbons (Fsp3) is 0.500. The summed E-state index contributed by atoms with van der Waals surface area (Å²) in [7, 11) is 0. The molecule has 2 aliphatic heterocycles. The number of piperazine rings is 1. The van der Waals surface area contributed by atoms with Crippen LogP contribution in [-0.4, -0.2) is 43.7 Å². The average Bonchev–Trinajstić information content (AvgIpc) is 2.79. The summed E-state index contributed by atoms with van der Waals surface area (Å²) in [5, 5.41) is 9.67. The van der Waals surface area contributed by atoms with E-state index in [0.717, 1.165) is 50.6 Å². The molecule has 0 aromatic heterocycles. The monoisotopic (exact) mass is 260 g/mol. The Bertz CT molecular complexity index is 469. The number of nitrogens with zero attached hydrogens (tertiary/aromatic N) is 1. The number of fused-ring (bicyclic) bond motifs is 1. The standard InChI is InChI=1S/C14H20N4O/c19-14-8-12-7-11(1-2-13(12)17-14)9-16-10-18-5-3-15-4-6-18/h1-2,7,15-16H,3-6,8-10H2,(H,17,19). The third kappa shape index (κ3) is 3.12. The predicted octanol–water partition coefficient (Wildman–Crippen LogP) is 0.134. The van der Waals surface area contributed by atoms with E-state index in [9.17, 15) is 4.79 Å². The Morgan fingerprint density at radius 1 is 1.26 bits per heavy atom. The molecule has 1 fully saturated rings. The Morgan fingerprint density at radius 2 is 2.11 bits per heavy atom. The van der Waals surface area contributed by atoms with Gasteiger partial charge in [-0.2, -0.15) is 0 Å². The van der Waals surface area contributed by atoms with Gasteiger partial charge in [0, 0.05) is 45.1 Å². The maximum Gasteiger partial charge on any atom is 0.228 e. The Kier molecular flexibility index (Phi) is 3.77. The van der Waals surface area contributed by atoms with Gasteiger partial charge in [0.1, 0.15) is 0 Å². The van der Waals surface area contributed by atoms with Crippen LogP contribution in [0.3, 0.4) is 0 Å². The number of carbonyl (C=O) groups excluding carboxylic acids is 1. The molecule has 0 aliphatic carbocycles. The first-order chi connectivity index (χ1) is 9.31. The van der Waals surface area contributed by atoms with Gasteiger partial charge in [0.2, 0.25) is 5.91 Å². The summed E-state index contributed by atoms with van der Waals surface area (Å²) in [4.78, 5) is 13.7. The molecule has 1 saturated heterocycles. The molecule has 102 valence electrons. The van der Waals surface area contributed by atoms with Gasteiger partial charge in [-0.25, -0.2) is 0 Å². The van der Waals surface area contributed by atoms with E-state index in [1.54, 1.807) is 0 Å². The zero-order chi connectivity index (χ0) is 13.1. The highest BCUT2D eigenvalue weighted by Gasteiger charge is 2.17. The second-order valence-corrected chi connectivity index (χ2v) is 5.17. The van der Waals surface area contributed by atoms with E-state index in [-0.39, 0.29) is 5.91 Å². The van der Waals surface area contributed by atoms with Crippen LogP contribution in [0.4, 0.5) is 5.69 Å². The van der Waals surface area contributed by atoms with E-state index in [1.807, 2.05) is 6.07 Å². The van der Waals surface area contributed by atoms with Crippen molar-refractivity contribution in [1.82, 2.24) is 15.5 Å². The summed E-state index contributed by atoms with van der Waals surface area (Å²) in [5.74, 6) is 0.0981. The van der Waals surface area contributed by atoms with Crippen molar-refractivity contribution in [3.63, 3.8) is 0 Å². The first kappa shape index (κ1) is 12.6. The minimum Gasteiger partial charge on any atom is -0.326 e. The first-order valence-corrected chi connectivity index (χ1v) is 6.87. The molecular weight excluding hydrogens is 240 g/mol. The molecule has 3 N–H and O–H groups in total. The number of carbonyl (C=O) groups is 1. The van der Waals surface area contributed by atoms with Gasteiger partial charge in [-0.1, -0.05) is 12.1 Å². The van der Waals surface area contributed by atoms with Gasteiger partial charge in [-0.3, -0.25) is 9.69 Å². The van der Waals surface area contributed by atoms with Crippen LogP contribution >= 0.6 is 0 Å². The van der Waals surface area contributed by atoms with E-state index >= 15 is 0 Å². The van der Waals surface area contributed by atoms with Crippen LogP contribution in [0.1, 0.15) is 11.1 Å². The smallest absolute Gasteiger partial charge is 0.228 e. The van der Waals surface area contributed by atoms with Crippen LogP contribution in [0, 0.1) is 0 Å². The van der Waals surface area contributed by atoms with Crippen LogP contribution in [0.5, 0.6) is 0 Å². The fourth-order valence-electron chi connectivity index (χ4n) is 2.62. The van der Waals surface area contributed by atoms with Gasteiger partial charge in [-0.15, -0.1) is 0 Å². The number of anilines is 1. The Hall–Kier alpha value is -1.43. The lowest BCUT2D eigenvalue weighted by Crippen LogP contribution is -2.46. The number of benzene rings is 1. The fourth-order valence-corrected chi connectivity index (χ4v) is 2.62. The van der Waals surface area contributed by atoms with E-state index in [1.165, 1.54) is 5.56 Å². The Morgan fingerprint density at radius 3 is 2.95 bits per heavy atom. The summed E-state index contributed by atoms with van der Waals surface area (Å²) >= 11 is 0. The Balaban J connectivity index is 1.50. The summed E-state index contributed by atoms with van der Waals surface area (Å²) in [6.07, 6.45) is 0.515. The topological polar surface area (TPSA) is 56.4 Å². The van der Waals surface area contributed by atoms with Gasteiger partial charge >= 0.3 is 0 Å². The zero-order valence-electron chi connectivity index (χ0n) is 11.0. The number of hydrogen-bond donors (Lipinski definition) is 3. The summed E-state index contributed by atoms with van der Waals surface area (Å²) in [5.41, 5.74) is 3.33. The molecule has 0 saturated carbocycles. The van der Waals surface area contributed by atoms with E-state index in [4.69, 9.17) is 0 Å². The molecule has 1 amide bonds. The minimum absolute atomic E-state index is 0.0981. The highest BCUT2D eigenvalue weighted by molar-refractivity contribution is 5.99. The second-order valence-electron chi connectivity index (χ2n) is 5.17. The molecule has 5 nitrogen and oxygen atoms in total. The van der Waals surface area contributed by atoms with E-state index in [0.29, 0.717) is 6.42 Å². The molecule has 19 heavy (non-hydrogen) atoms. The summed E-state index contributed by atoms with van der Waals surface area (Å²) < 4.78 is 0. The molecule has 0 spiro atoms. The number of hydrogen-bond acceptors (Lipinski definition) is 4. The van der Waals surface area contributed by atoms with Crippen LogP contribution in [0.2, 0.25) is 0 Å². The molecule has 0 atom stereocenters. The third-order valence-electron chi connectivity index (χ3n) is 3.67. The lowest BCUT2D eigenvalue weighted by molar-refractivity contribution is -0.115. The van der Waals surface area contributed by atoms with Gasteiger partial charge in [0.05, 0.1) is 6.42 Å². The molecule has 1 aromatic rings. The van der Waals surface area contributed by atoms with Crippen molar-refractivity contribution < 1.29 is 4.79 Å². The van der Waals surface area contributed by atoms with Gasteiger partial charge < -0.3 is 16.0 Å². The molecular formula is C14H20N4O. The molecule has 0 bridgehead atoms. The maximum atomic E-state index is 11.3. The van der Waals surface area contributed by atoms with Crippen molar-refractivity contribution in [1.29, 1.82) is 0 Å². The van der Waals surface area contributed by atoms with Crippen molar-refractivity contribution in [2.24, 2.45) is 0 Å². The number of rotatable bonds is 4. The largest absolute Gasteiger partial charge is 0.326 e. The van der Waals surface area contributed by atoms with Crippen molar-refractivity contribution >= 4 is 11.6 Å². The van der Waals surface area contributed by atoms with Crippen LogP contribution in [-0.2, 0) is 17.8 Å². The van der Waals surface area contributed by atoms with Crippen LogP contribution < -0.4 is 16.0 Å². The van der Waals surface area contributed by atoms with Crippen LogP contribution in [0.25, 0.3) is 0 Å². The van der Waals surface area contributed by atoms with E-state index in [2.05, 4.69) is 33.0 Å². The molecule has 3 rings (SSSR count). The Labute approximate surface area is 113 Å². The zero-order valence-corrected chi connectivity index (χ0v) is 11.0. The minimum atomic E-state index is 0.0981. The van der Waals surface area contributed by atoms with Crippen molar-refractivity contribution in [3.8, 4) is 0 Å². The van der Waals surface area contributed by atoms with Crippen LogP contribution in [0.15, 0.2) is 18.2 Å².